The Kier molecular flexibility index (Phi) is 6.11. The summed E-state index contributed by atoms with van der Waals surface area (Å²) in [5.74, 6) is 0. The van der Waals surface area contributed by atoms with Crippen molar-refractivity contribution in [2.24, 2.45) is 0 Å². The molecular formula is C10H21N3O2. The Labute approximate surface area is 90.8 Å². The maximum atomic E-state index is 11.1. The molecule has 0 saturated carbocycles. The number of unbranched alkanes of at least 4 members (excludes halogenated alkanes) is 2. The van der Waals surface area contributed by atoms with E-state index in [-0.39, 0.29) is 12.6 Å². The Morgan fingerprint density at radius 1 is 1.33 bits per heavy atom. The summed E-state index contributed by atoms with van der Waals surface area (Å²) in [5.41, 5.74) is 0. The third-order valence-corrected chi connectivity index (χ3v) is 2.52. The van der Waals surface area contributed by atoms with Crippen LogP contribution < -0.4 is 10.6 Å². The fourth-order valence-corrected chi connectivity index (χ4v) is 1.60. The van der Waals surface area contributed by atoms with Gasteiger partial charge < -0.3 is 20.6 Å². The lowest BCUT2D eigenvalue weighted by Gasteiger charge is -2.14. The Bertz CT molecular complexity index is 188. The molecule has 0 atom stereocenters. The minimum Gasteiger partial charge on any atom is -0.396 e. The number of aliphatic hydroxyl groups excluding tert-OH is 1. The first-order chi connectivity index (χ1) is 7.34. The van der Waals surface area contributed by atoms with Gasteiger partial charge in [0.25, 0.3) is 0 Å². The predicted octanol–water partition coefficient (Wildman–Crippen LogP) is -0.236. The van der Waals surface area contributed by atoms with E-state index in [4.69, 9.17) is 5.11 Å². The van der Waals surface area contributed by atoms with Gasteiger partial charge in [-0.3, -0.25) is 0 Å². The number of hydrogen-bond donors (Lipinski definition) is 3. The van der Waals surface area contributed by atoms with Crippen LogP contribution in [-0.2, 0) is 0 Å². The molecule has 0 aromatic heterocycles. The van der Waals surface area contributed by atoms with Crippen molar-refractivity contribution >= 4 is 6.03 Å². The fourth-order valence-electron chi connectivity index (χ4n) is 1.60. The molecule has 1 rings (SSSR count). The maximum Gasteiger partial charge on any atom is 0.317 e. The van der Waals surface area contributed by atoms with Crippen LogP contribution in [0.5, 0.6) is 0 Å². The molecule has 1 aliphatic rings. The molecular weight excluding hydrogens is 194 g/mol. The number of amides is 2. The molecule has 5 nitrogen and oxygen atoms in total. The van der Waals surface area contributed by atoms with Crippen molar-refractivity contribution in [2.45, 2.75) is 19.3 Å². The molecule has 15 heavy (non-hydrogen) atoms. The second-order valence-corrected chi connectivity index (χ2v) is 3.75. The average Bonchev–Trinajstić information content (AvgIpc) is 2.63. The number of urea groups is 1. The number of rotatable bonds is 8. The molecule has 5 heteroatoms. The molecule has 0 spiro atoms. The van der Waals surface area contributed by atoms with E-state index in [1.54, 1.807) is 0 Å². The van der Waals surface area contributed by atoms with Crippen LogP contribution in [0.4, 0.5) is 4.79 Å². The maximum absolute atomic E-state index is 11.1. The molecule has 1 fully saturated rings. The van der Waals surface area contributed by atoms with Crippen LogP contribution >= 0.6 is 0 Å². The van der Waals surface area contributed by atoms with Gasteiger partial charge >= 0.3 is 6.03 Å². The normalized spacial score (nSPS) is 15.8. The van der Waals surface area contributed by atoms with Crippen molar-refractivity contribution in [3.63, 3.8) is 0 Å². The third-order valence-electron chi connectivity index (χ3n) is 2.52. The lowest BCUT2D eigenvalue weighted by atomic mass is 10.2. The van der Waals surface area contributed by atoms with Gasteiger partial charge in [0.15, 0.2) is 0 Å². The van der Waals surface area contributed by atoms with Crippen LogP contribution in [0.2, 0.25) is 0 Å². The average molecular weight is 215 g/mol. The van der Waals surface area contributed by atoms with Gasteiger partial charge in [-0.25, -0.2) is 4.79 Å². The summed E-state index contributed by atoms with van der Waals surface area (Å²) in [6.45, 7) is 4.49. The quantitative estimate of drug-likeness (QED) is 0.490. The number of aliphatic hydroxyl groups is 1. The van der Waals surface area contributed by atoms with Gasteiger partial charge in [0.2, 0.25) is 0 Å². The zero-order chi connectivity index (χ0) is 10.9. The van der Waals surface area contributed by atoms with E-state index in [0.717, 1.165) is 52.0 Å². The SMILES string of the molecule is O=C1NCCN1CCNCCCCCO. The molecule has 1 heterocycles. The van der Waals surface area contributed by atoms with Gasteiger partial charge in [-0.05, 0) is 25.8 Å². The molecule has 0 aromatic rings. The summed E-state index contributed by atoms with van der Waals surface area (Å²) in [6.07, 6.45) is 3.04. The smallest absolute Gasteiger partial charge is 0.317 e. The third kappa shape index (κ3) is 4.99. The standard InChI is InChI=1S/C10H21N3O2/c14-9-3-1-2-4-11-5-7-13-8-6-12-10(13)15/h11,14H,1-9H2,(H,12,15). The minimum absolute atomic E-state index is 0.0529. The summed E-state index contributed by atoms with van der Waals surface area (Å²) >= 11 is 0. The van der Waals surface area contributed by atoms with Crippen molar-refractivity contribution in [2.75, 3.05) is 39.3 Å². The highest BCUT2D eigenvalue weighted by atomic mass is 16.2. The lowest BCUT2D eigenvalue weighted by Crippen LogP contribution is -2.34. The lowest BCUT2D eigenvalue weighted by molar-refractivity contribution is 0.217. The number of nitrogens with zero attached hydrogens (tertiary/aromatic N) is 1. The monoisotopic (exact) mass is 215 g/mol. The number of nitrogens with one attached hydrogen (secondary N) is 2. The van der Waals surface area contributed by atoms with E-state index >= 15 is 0 Å². The first-order valence-corrected chi connectivity index (χ1v) is 5.69. The minimum atomic E-state index is 0.0529. The summed E-state index contributed by atoms with van der Waals surface area (Å²) in [7, 11) is 0. The highest BCUT2D eigenvalue weighted by Crippen LogP contribution is 1.95. The van der Waals surface area contributed by atoms with Crippen molar-refractivity contribution < 1.29 is 9.90 Å². The van der Waals surface area contributed by atoms with Crippen molar-refractivity contribution in [1.29, 1.82) is 0 Å². The van der Waals surface area contributed by atoms with Crippen LogP contribution in [0.15, 0.2) is 0 Å². The Hall–Kier alpha value is -0.810. The van der Waals surface area contributed by atoms with Gasteiger partial charge in [-0.1, -0.05) is 0 Å². The highest BCUT2D eigenvalue weighted by molar-refractivity contribution is 5.76. The molecule has 0 radical (unpaired) electrons. The molecule has 0 aromatic carbocycles. The summed E-state index contributed by atoms with van der Waals surface area (Å²) in [5, 5.41) is 14.6. The van der Waals surface area contributed by atoms with Gasteiger partial charge in [-0.2, -0.15) is 0 Å². The van der Waals surface area contributed by atoms with E-state index < -0.39 is 0 Å². The predicted molar refractivity (Wildman–Crippen MR) is 58.8 cm³/mol. The highest BCUT2D eigenvalue weighted by Gasteiger charge is 2.17. The summed E-state index contributed by atoms with van der Waals surface area (Å²) in [6, 6.07) is 0.0529. The topological polar surface area (TPSA) is 64.6 Å². The molecule has 0 aliphatic carbocycles. The second-order valence-electron chi connectivity index (χ2n) is 3.75. The summed E-state index contributed by atoms with van der Waals surface area (Å²) in [4.78, 5) is 13.0. The zero-order valence-corrected chi connectivity index (χ0v) is 9.17. The van der Waals surface area contributed by atoms with Gasteiger partial charge in [0, 0.05) is 32.8 Å². The fraction of sp³-hybridized carbons (Fsp3) is 0.900. The van der Waals surface area contributed by atoms with Gasteiger partial charge in [0.1, 0.15) is 0 Å². The van der Waals surface area contributed by atoms with Gasteiger partial charge in [-0.15, -0.1) is 0 Å². The van der Waals surface area contributed by atoms with Crippen molar-refractivity contribution in [1.82, 2.24) is 15.5 Å². The first kappa shape index (κ1) is 12.3. The largest absolute Gasteiger partial charge is 0.396 e. The molecule has 0 bridgehead atoms. The van der Waals surface area contributed by atoms with E-state index in [0.29, 0.717) is 0 Å². The first-order valence-electron chi connectivity index (χ1n) is 5.69. The van der Waals surface area contributed by atoms with E-state index in [1.807, 2.05) is 4.90 Å². The molecule has 1 saturated heterocycles. The van der Waals surface area contributed by atoms with E-state index in [9.17, 15) is 4.79 Å². The van der Waals surface area contributed by atoms with E-state index in [1.165, 1.54) is 0 Å². The van der Waals surface area contributed by atoms with Gasteiger partial charge in [0.05, 0.1) is 0 Å². The van der Waals surface area contributed by atoms with Crippen LogP contribution in [0, 0.1) is 0 Å². The Morgan fingerprint density at radius 2 is 2.20 bits per heavy atom. The van der Waals surface area contributed by atoms with Crippen LogP contribution in [0.3, 0.4) is 0 Å². The van der Waals surface area contributed by atoms with Crippen LogP contribution in [0.25, 0.3) is 0 Å². The van der Waals surface area contributed by atoms with Crippen LogP contribution in [-0.4, -0.2) is 55.4 Å². The Morgan fingerprint density at radius 3 is 2.87 bits per heavy atom. The number of carbonyl (C=O) groups is 1. The molecule has 1 aliphatic heterocycles. The zero-order valence-electron chi connectivity index (χ0n) is 9.17. The number of hydrogen-bond acceptors (Lipinski definition) is 3. The molecule has 2 amide bonds. The molecule has 88 valence electrons. The van der Waals surface area contributed by atoms with Crippen molar-refractivity contribution in [3.8, 4) is 0 Å². The van der Waals surface area contributed by atoms with Crippen molar-refractivity contribution in [3.05, 3.63) is 0 Å². The Balaban J connectivity index is 1.86. The molecule has 3 N–H and O–H groups in total. The van der Waals surface area contributed by atoms with Crippen LogP contribution in [0.1, 0.15) is 19.3 Å². The summed E-state index contributed by atoms with van der Waals surface area (Å²) < 4.78 is 0. The molecule has 0 unspecified atom stereocenters. The number of carbonyl (C=O) groups excluding carboxylic acids is 1. The van der Waals surface area contributed by atoms with E-state index in [2.05, 4.69) is 10.6 Å². The second kappa shape index (κ2) is 7.48.